The van der Waals surface area contributed by atoms with Crippen molar-refractivity contribution in [3.8, 4) is 0 Å². The lowest BCUT2D eigenvalue weighted by molar-refractivity contribution is -0.137. The summed E-state index contributed by atoms with van der Waals surface area (Å²) in [6.45, 7) is 0. The lowest BCUT2D eigenvalue weighted by Gasteiger charge is -2.07. The SMILES string of the molecule is FC(F)(F)c1ccc(C2CC2c2ccccc2)cc1. The zero-order chi connectivity index (χ0) is 13.5. The fourth-order valence-corrected chi connectivity index (χ4v) is 2.55. The maximum Gasteiger partial charge on any atom is 0.416 e. The van der Waals surface area contributed by atoms with Crippen molar-refractivity contribution in [3.63, 3.8) is 0 Å². The minimum atomic E-state index is -4.25. The molecule has 0 amide bonds. The van der Waals surface area contributed by atoms with E-state index in [1.807, 2.05) is 18.2 Å². The van der Waals surface area contributed by atoms with Gasteiger partial charge < -0.3 is 0 Å². The van der Waals surface area contributed by atoms with Gasteiger partial charge in [0.15, 0.2) is 0 Å². The Labute approximate surface area is 109 Å². The molecule has 2 unspecified atom stereocenters. The predicted octanol–water partition coefficient (Wildman–Crippen LogP) is 4.98. The highest BCUT2D eigenvalue weighted by molar-refractivity contribution is 5.37. The van der Waals surface area contributed by atoms with Crippen LogP contribution in [-0.4, -0.2) is 0 Å². The van der Waals surface area contributed by atoms with E-state index < -0.39 is 11.7 Å². The van der Waals surface area contributed by atoms with Crippen molar-refractivity contribution in [2.75, 3.05) is 0 Å². The van der Waals surface area contributed by atoms with Crippen LogP contribution in [0, 0.1) is 0 Å². The minimum Gasteiger partial charge on any atom is -0.166 e. The Balaban J connectivity index is 1.76. The molecule has 1 aliphatic carbocycles. The van der Waals surface area contributed by atoms with E-state index in [4.69, 9.17) is 0 Å². The minimum absolute atomic E-state index is 0.365. The van der Waals surface area contributed by atoms with Crippen LogP contribution in [0.4, 0.5) is 13.2 Å². The van der Waals surface area contributed by atoms with Gasteiger partial charge in [-0.05, 0) is 41.5 Å². The zero-order valence-electron chi connectivity index (χ0n) is 10.2. The van der Waals surface area contributed by atoms with Gasteiger partial charge in [-0.1, -0.05) is 42.5 Å². The van der Waals surface area contributed by atoms with Gasteiger partial charge in [-0.3, -0.25) is 0 Å². The van der Waals surface area contributed by atoms with E-state index in [0.29, 0.717) is 11.8 Å². The third kappa shape index (κ3) is 2.50. The molecule has 0 heterocycles. The van der Waals surface area contributed by atoms with Crippen molar-refractivity contribution in [2.45, 2.75) is 24.4 Å². The molecule has 0 N–H and O–H groups in total. The van der Waals surface area contributed by atoms with Gasteiger partial charge in [-0.2, -0.15) is 13.2 Å². The van der Waals surface area contributed by atoms with E-state index >= 15 is 0 Å². The first kappa shape index (κ1) is 12.3. The molecule has 0 aromatic heterocycles. The highest BCUT2D eigenvalue weighted by atomic mass is 19.4. The van der Waals surface area contributed by atoms with Gasteiger partial charge in [0.1, 0.15) is 0 Å². The highest BCUT2D eigenvalue weighted by Crippen LogP contribution is 2.54. The van der Waals surface area contributed by atoms with Crippen molar-refractivity contribution in [3.05, 3.63) is 71.3 Å². The smallest absolute Gasteiger partial charge is 0.166 e. The lowest BCUT2D eigenvalue weighted by atomic mass is 10.0. The Hall–Kier alpha value is -1.77. The van der Waals surface area contributed by atoms with Gasteiger partial charge >= 0.3 is 6.18 Å². The lowest BCUT2D eigenvalue weighted by Crippen LogP contribution is -2.04. The molecule has 1 fully saturated rings. The van der Waals surface area contributed by atoms with Crippen LogP contribution in [0.1, 0.15) is 34.9 Å². The molecule has 0 aliphatic heterocycles. The van der Waals surface area contributed by atoms with E-state index in [9.17, 15) is 13.2 Å². The molecule has 0 saturated heterocycles. The maximum absolute atomic E-state index is 12.5. The number of hydrogen-bond donors (Lipinski definition) is 0. The summed E-state index contributed by atoms with van der Waals surface area (Å²) in [4.78, 5) is 0. The largest absolute Gasteiger partial charge is 0.416 e. The molecule has 0 nitrogen and oxygen atoms in total. The molecule has 0 spiro atoms. The second-order valence-electron chi connectivity index (χ2n) is 4.98. The molecular formula is C16H13F3. The van der Waals surface area contributed by atoms with Crippen LogP contribution in [0.5, 0.6) is 0 Å². The van der Waals surface area contributed by atoms with Crippen molar-refractivity contribution < 1.29 is 13.2 Å². The summed E-state index contributed by atoms with van der Waals surface area (Å²) in [6.07, 6.45) is -3.23. The Morgan fingerprint density at radius 3 is 1.79 bits per heavy atom. The first-order valence-corrected chi connectivity index (χ1v) is 6.28. The number of alkyl halides is 3. The molecule has 0 bridgehead atoms. The quantitative estimate of drug-likeness (QED) is 0.716. The molecule has 2 aromatic rings. The third-order valence-electron chi connectivity index (χ3n) is 3.68. The Morgan fingerprint density at radius 2 is 1.26 bits per heavy atom. The number of halogens is 3. The molecule has 98 valence electrons. The van der Waals surface area contributed by atoms with Gasteiger partial charge in [-0.25, -0.2) is 0 Å². The summed E-state index contributed by atoms with van der Waals surface area (Å²) >= 11 is 0. The van der Waals surface area contributed by atoms with Crippen molar-refractivity contribution in [2.24, 2.45) is 0 Å². The average Bonchev–Trinajstić information content (AvgIpc) is 3.19. The molecule has 3 rings (SSSR count). The average molecular weight is 262 g/mol. The van der Waals surface area contributed by atoms with Gasteiger partial charge in [0, 0.05) is 0 Å². The zero-order valence-corrected chi connectivity index (χ0v) is 10.2. The Kier molecular flexibility index (Phi) is 2.85. The monoisotopic (exact) mass is 262 g/mol. The van der Waals surface area contributed by atoms with Crippen molar-refractivity contribution >= 4 is 0 Å². The van der Waals surface area contributed by atoms with Crippen LogP contribution in [0.3, 0.4) is 0 Å². The summed E-state index contributed by atoms with van der Waals surface area (Å²) < 4.78 is 37.4. The van der Waals surface area contributed by atoms with E-state index in [1.54, 1.807) is 12.1 Å². The third-order valence-corrected chi connectivity index (χ3v) is 3.68. The molecule has 2 atom stereocenters. The van der Waals surface area contributed by atoms with Gasteiger partial charge in [-0.15, -0.1) is 0 Å². The number of rotatable bonds is 2. The van der Waals surface area contributed by atoms with Crippen LogP contribution >= 0.6 is 0 Å². The topological polar surface area (TPSA) is 0 Å². The van der Waals surface area contributed by atoms with E-state index in [1.165, 1.54) is 17.7 Å². The van der Waals surface area contributed by atoms with E-state index in [2.05, 4.69) is 12.1 Å². The summed E-state index contributed by atoms with van der Waals surface area (Å²) in [5.74, 6) is 0.822. The molecule has 19 heavy (non-hydrogen) atoms. The second-order valence-corrected chi connectivity index (χ2v) is 4.98. The van der Waals surface area contributed by atoms with Crippen LogP contribution in [0.2, 0.25) is 0 Å². The van der Waals surface area contributed by atoms with Crippen molar-refractivity contribution in [1.82, 2.24) is 0 Å². The first-order chi connectivity index (χ1) is 9.05. The Bertz CT molecular complexity index is 555. The molecule has 1 aliphatic rings. The fraction of sp³-hybridized carbons (Fsp3) is 0.250. The van der Waals surface area contributed by atoms with E-state index in [-0.39, 0.29) is 0 Å². The van der Waals surface area contributed by atoms with E-state index in [0.717, 1.165) is 12.0 Å². The fourth-order valence-electron chi connectivity index (χ4n) is 2.55. The van der Waals surface area contributed by atoms with Crippen LogP contribution in [0.15, 0.2) is 54.6 Å². The highest BCUT2D eigenvalue weighted by Gasteiger charge is 2.39. The molecule has 1 saturated carbocycles. The molecular weight excluding hydrogens is 249 g/mol. The van der Waals surface area contributed by atoms with Crippen LogP contribution in [0.25, 0.3) is 0 Å². The molecule has 0 radical (unpaired) electrons. The normalized spacial score (nSPS) is 22.3. The standard InChI is InChI=1S/C16H13F3/c17-16(18,19)13-8-6-12(7-9-13)15-10-14(15)11-4-2-1-3-5-11/h1-9,14-15H,10H2. The molecule has 3 heteroatoms. The second kappa shape index (κ2) is 4.41. The molecule has 2 aromatic carbocycles. The van der Waals surface area contributed by atoms with Gasteiger partial charge in [0.05, 0.1) is 5.56 Å². The van der Waals surface area contributed by atoms with Crippen LogP contribution < -0.4 is 0 Å². The van der Waals surface area contributed by atoms with Crippen molar-refractivity contribution in [1.29, 1.82) is 0 Å². The predicted molar refractivity (Wildman–Crippen MR) is 68.0 cm³/mol. The first-order valence-electron chi connectivity index (χ1n) is 6.28. The number of benzene rings is 2. The van der Waals surface area contributed by atoms with Gasteiger partial charge in [0.2, 0.25) is 0 Å². The summed E-state index contributed by atoms with van der Waals surface area (Å²) in [5, 5.41) is 0. The summed E-state index contributed by atoms with van der Waals surface area (Å²) in [7, 11) is 0. The summed E-state index contributed by atoms with van der Waals surface area (Å²) in [5.41, 5.74) is 1.70. The van der Waals surface area contributed by atoms with Crippen LogP contribution in [-0.2, 0) is 6.18 Å². The Morgan fingerprint density at radius 1 is 0.737 bits per heavy atom. The number of hydrogen-bond acceptors (Lipinski definition) is 0. The summed E-state index contributed by atoms with van der Waals surface area (Å²) in [6, 6.07) is 15.7. The van der Waals surface area contributed by atoms with Gasteiger partial charge in [0.25, 0.3) is 0 Å². The maximum atomic E-state index is 12.5.